The summed E-state index contributed by atoms with van der Waals surface area (Å²) >= 11 is 1.60. The average molecular weight is 276 g/mol. The Bertz CT molecular complexity index is 527. The van der Waals surface area contributed by atoms with E-state index < -0.39 is 0 Å². The number of carbonyl (C=O) groups is 1. The van der Waals surface area contributed by atoms with E-state index in [0.717, 1.165) is 24.3 Å². The first-order valence-electron chi connectivity index (χ1n) is 6.14. The van der Waals surface area contributed by atoms with Crippen LogP contribution in [-0.4, -0.2) is 29.0 Å². The van der Waals surface area contributed by atoms with Gasteiger partial charge in [0.15, 0.2) is 0 Å². The molecule has 0 aliphatic rings. The highest BCUT2D eigenvalue weighted by Gasteiger charge is 2.06. The second kappa shape index (κ2) is 6.84. The molecule has 100 valence electrons. The number of aromatic nitrogens is 2. The Morgan fingerprint density at radius 1 is 1.42 bits per heavy atom. The minimum Gasteiger partial charge on any atom is -0.385 e. The van der Waals surface area contributed by atoms with Crippen molar-refractivity contribution in [3.8, 4) is 0 Å². The van der Waals surface area contributed by atoms with Crippen molar-refractivity contribution < 1.29 is 4.79 Å². The highest BCUT2D eigenvalue weighted by Crippen LogP contribution is 2.09. The number of amides is 1. The van der Waals surface area contributed by atoms with Crippen LogP contribution in [-0.2, 0) is 6.42 Å². The molecule has 2 aromatic rings. The Morgan fingerprint density at radius 2 is 2.32 bits per heavy atom. The summed E-state index contributed by atoms with van der Waals surface area (Å²) in [6.45, 7) is 3.26. The van der Waals surface area contributed by atoms with E-state index in [2.05, 4.69) is 20.6 Å². The quantitative estimate of drug-likeness (QED) is 0.846. The summed E-state index contributed by atoms with van der Waals surface area (Å²) in [5.41, 5.74) is 4.23. The van der Waals surface area contributed by atoms with Crippen molar-refractivity contribution in [1.82, 2.24) is 15.3 Å². The fourth-order valence-electron chi connectivity index (χ4n) is 1.61. The lowest BCUT2D eigenvalue weighted by Gasteiger charge is -2.07. The van der Waals surface area contributed by atoms with Crippen molar-refractivity contribution in [2.75, 3.05) is 18.4 Å². The third-order valence-electron chi connectivity index (χ3n) is 2.52. The zero-order chi connectivity index (χ0) is 13.5. The molecule has 2 N–H and O–H groups in total. The summed E-state index contributed by atoms with van der Waals surface area (Å²) in [7, 11) is 0. The molecule has 6 heteroatoms. The maximum Gasteiger partial charge on any atom is 0.269 e. The third-order valence-corrected chi connectivity index (χ3v) is 3.16. The summed E-state index contributed by atoms with van der Waals surface area (Å²) in [5.74, 6) is -0.148. The predicted octanol–water partition coefficient (Wildman–Crippen LogP) is 1.94. The smallest absolute Gasteiger partial charge is 0.269 e. The first kappa shape index (κ1) is 13.5. The lowest BCUT2D eigenvalue weighted by molar-refractivity contribution is 0.0951. The predicted molar refractivity (Wildman–Crippen MR) is 76.6 cm³/mol. The van der Waals surface area contributed by atoms with Crippen LogP contribution in [0.4, 0.5) is 5.69 Å². The fourth-order valence-corrected chi connectivity index (χ4v) is 2.20. The van der Waals surface area contributed by atoms with E-state index in [4.69, 9.17) is 0 Å². The van der Waals surface area contributed by atoms with E-state index in [1.807, 2.05) is 23.9 Å². The average Bonchev–Trinajstić information content (AvgIpc) is 2.93. The maximum atomic E-state index is 11.6. The number of anilines is 1. The molecule has 0 aliphatic heterocycles. The number of rotatable bonds is 6. The van der Waals surface area contributed by atoms with Gasteiger partial charge < -0.3 is 10.6 Å². The number of nitrogens with one attached hydrogen (secondary N) is 2. The molecular formula is C13H16N4OS. The van der Waals surface area contributed by atoms with Crippen LogP contribution < -0.4 is 10.6 Å². The monoisotopic (exact) mass is 276 g/mol. The molecule has 19 heavy (non-hydrogen) atoms. The Kier molecular flexibility index (Phi) is 4.85. The molecule has 0 saturated heterocycles. The van der Waals surface area contributed by atoms with Gasteiger partial charge in [-0.3, -0.25) is 9.78 Å². The molecule has 5 nitrogen and oxygen atoms in total. The minimum atomic E-state index is -0.148. The van der Waals surface area contributed by atoms with Crippen LogP contribution >= 0.6 is 11.3 Å². The van der Waals surface area contributed by atoms with Gasteiger partial charge in [0, 0.05) is 36.8 Å². The van der Waals surface area contributed by atoms with E-state index in [-0.39, 0.29) is 5.91 Å². The molecule has 0 saturated carbocycles. The minimum absolute atomic E-state index is 0.148. The van der Waals surface area contributed by atoms with E-state index >= 15 is 0 Å². The molecule has 0 aliphatic carbocycles. The second-order valence-electron chi connectivity index (χ2n) is 3.95. The van der Waals surface area contributed by atoms with Gasteiger partial charge in [-0.25, -0.2) is 4.98 Å². The molecular weight excluding hydrogens is 260 g/mol. The number of carbonyl (C=O) groups excluding carboxylic acids is 1. The fraction of sp³-hybridized carbons (Fsp3) is 0.308. The maximum absolute atomic E-state index is 11.6. The Hall–Kier alpha value is -1.95. The summed E-state index contributed by atoms with van der Waals surface area (Å²) in [6, 6.07) is 3.61. The molecule has 0 unspecified atom stereocenters. The molecule has 2 rings (SSSR count). The van der Waals surface area contributed by atoms with Gasteiger partial charge in [-0.15, -0.1) is 11.3 Å². The van der Waals surface area contributed by atoms with Gasteiger partial charge in [-0.05, 0) is 19.1 Å². The van der Waals surface area contributed by atoms with Crippen molar-refractivity contribution in [1.29, 1.82) is 0 Å². The van der Waals surface area contributed by atoms with Crippen LogP contribution in [0.15, 0.2) is 29.2 Å². The number of thiazole rings is 1. The van der Waals surface area contributed by atoms with E-state index in [1.54, 1.807) is 23.6 Å². The molecule has 0 bridgehead atoms. The van der Waals surface area contributed by atoms with Crippen LogP contribution in [0.1, 0.15) is 23.1 Å². The van der Waals surface area contributed by atoms with Crippen molar-refractivity contribution in [3.63, 3.8) is 0 Å². The van der Waals surface area contributed by atoms with E-state index in [9.17, 15) is 4.79 Å². The molecule has 0 aromatic carbocycles. The van der Waals surface area contributed by atoms with Crippen molar-refractivity contribution in [3.05, 3.63) is 40.6 Å². The molecule has 1 amide bonds. The highest BCUT2D eigenvalue weighted by atomic mass is 32.1. The van der Waals surface area contributed by atoms with Gasteiger partial charge in [0.2, 0.25) is 0 Å². The number of hydrogen-bond donors (Lipinski definition) is 2. The van der Waals surface area contributed by atoms with Gasteiger partial charge in [-0.1, -0.05) is 0 Å². The van der Waals surface area contributed by atoms with Crippen LogP contribution in [0.3, 0.4) is 0 Å². The van der Waals surface area contributed by atoms with Crippen molar-refractivity contribution in [2.45, 2.75) is 13.3 Å². The second-order valence-corrected chi connectivity index (χ2v) is 4.66. The molecule has 0 fully saturated rings. The highest BCUT2D eigenvalue weighted by molar-refractivity contribution is 7.07. The SMILES string of the molecule is CCNC(=O)c1cc(NCCc2cscn2)ccn1. The standard InChI is InChI=1S/C13H16N4OS/c1-2-14-13(18)12-7-10(3-6-16-12)15-5-4-11-8-19-9-17-11/h3,6-9H,2,4-5H2,1H3,(H,14,18)(H,15,16). The van der Waals surface area contributed by atoms with Crippen molar-refractivity contribution in [2.24, 2.45) is 0 Å². The third kappa shape index (κ3) is 4.03. The van der Waals surface area contributed by atoms with Crippen LogP contribution in [0.5, 0.6) is 0 Å². The zero-order valence-electron chi connectivity index (χ0n) is 10.7. The van der Waals surface area contributed by atoms with E-state index in [1.165, 1.54) is 0 Å². The lowest BCUT2D eigenvalue weighted by Crippen LogP contribution is -2.23. The number of pyridine rings is 1. The van der Waals surface area contributed by atoms with Crippen LogP contribution in [0.25, 0.3) is 0 Å². The Morgan fingerprint density at radius 3 is 3.05 bits per heavy atom. The Balaban J connectivity index is 1.90. The van der Waals surface area contributed by atoms with Crippen molar-refractivity contribution >= 4 is 22.9 Å². The summed E-state index contributed by atoms with van der Waals surface area (Å²) in [6.07, 6.45) is 2.50. The van der Waals surface area contributed by atoms with Crippen LogP contribution in [0, 0.1) is 0 Å². The molecule has 0 spiro atoms. The Labute approximate surface area is 116 Å². The van der Waals surface area contributed by atoms with Gasteiger partial charge in [-0.2, -0.15) is 0 Å². The van der Waals surface area contributed by atoms with Gasteiger partial charge in [0.25, 0.3) is 5.91 Å². The summed E-state index contributed by atoms with van der Waals surface area (Å²) in [4.78, 5) is 19.9. The normalized spacial score (nSPS) is 10.2. The number of hydrogen-bond acceptors (Lipinski definition) is 5. The summed E-state index contributed by atoms with van der Waals surface area (Å²) < 4.78 is 0. The van der Waals surface area contributed by atoms with Gasteiger partial charge in [0.05, 0.1) is 11.2 Å². The van der Waals surface area contributed by atoms with E-state index in [0.29, 0.717) is 12.2 Å². The lowest BCUT2D eigenvalue weighted by atomic mass is 10.3. The largest absolute Gasteiger partial charge is 0.385 e. The molecule has 2 aromatic heterocycles. The zero-order valence-corrected chi connectivity index (χ0v) is 11.5. The van der Waals surface area contributed by atoms with Gasteiger partial charge in [0.1, 0.15) is 5.69 Å². The topological polar surface area (TPSA) is 66.9 Å². The number of nitrogens with zero attached hydrogens (tertiary/aromatic N) is 2. The van der Waals surface area contributed by atoms with Crippen LogP contribution in [0.2, 0.25) is 0 Å². The van der Waals surface area contributed by atoms with Gasteiger partial charge >= 0.3 is 0 Å². The first-order valence-corrected chi connectivity index (χ1v) is 7.09. The molecule has 0 radical (unpaired) electrons. The molecule has 0 atom stereocenters. The summed E-state index contributed by atoms with van der Waals surface area (Å²) in [5, 5.41) is 8.03. The first-order chi connectivity index (χ1) is 9.29. The molecule has 2 heterocycles.